The number of benzene rings is 1. The van der Waals surface area contributed by atoms with Crippen molar-refractivity contribution in [3.63, 3.8) is 0 Å². The molecule has 0 atom stereocenters. The van der Waals surface area contributed by atoms with Crippen LogP contribution in [-0.4, -0.2) is 49.6 Å². The number of oxime groups is 1. The summed E-state index contributed by atoms with van der Waals surface area (Å²) in [5.74, 6) is -0.000880. The molecule has 6 nitrogen and oxygen atoms in total. The van der Waals surface area contributed by atoms with Crippen molar-refractivity contribution in [3.05, 3.63) is 28.8 Å². The number of aliphatic hydroxyl groups excluding tert-OH is 1. The van der Waals surface area contributed by atoms with Crippen molar-refractivity contribution >= 4 is 23.1 Å². The molecule has 0 amide bonds. The molecule has 0 radical (unpaired) electrons. The van der Waals surface area contributed by atoms with Crippen molar-refractivity contribution in [2.24, 2.45) is 10.9 Å². The van der Waals surface area contributed by atoms with E-state index in [1.807, 2.05) is 4.90 Å². The lowest BCUT2D eigenvalue weighted by Gasteiger charge is -2.24. The number of anilines is 1. The Kier molecular flexibility index (Phi) is 6.41. The lowest BCUT2D eigenvalue weighted by atomic mass is 10.1. The number of rotatable bonds is 7. The molecule has 0 aliphatic carbocycles. The highest BCUT2D eigenvalue weighted by molar-refractivity contribution is 6.33. The number of nitrogens with two attached hydrogens (primary N) is 1. The zero-order chi connectivity index (χ0) is 14.3. The monoisotopic (exact) mass is 287 g/mol. The van der Waals surface area contributed by atoms with Crippen molar-refractivity contribution in [3.8, 4) is 0 Å². The molecule has 1 aromatic carbocycles. The zero-order valence-corrected chi connectivity index (χ0v) is 11.5. The summed E-state index contributed by atoms with van der Waals surface area (Å²) in [4.78, 5) is 1.90. The van der Waals surface area contributed by atoms with E-state index in [-0.39, 0.29) is 12.4 Å². The first-order chi connectivity index (χ1) is 9.13. The van der Waals surface area contributed by atoms with Crippen LogP contribution >= 0.6 is 11.6 Å². The number of amidine groups is 1. The smallest absolute Gasteiger partial charge is 0.170 e. The molecule has 0 aliphatic heterocycles. The third kappa shape index (κ3) is 4.27. The molecule has 0 heterocycles. The van der Waals surface area contributed by atoms with Gasteiger partial charge in [-0.15, -0.1) is 0 Å². The fraction of sp³-hybridized carbons (Fsp3) is 0.417. The first-order valence-corrected chi connectivity index (χ1v) is 6.14. The fourth-order valence-electron chi connectivity index (χ4n) is 1.66. The zero-order valence-electron chi connectivity index (χ0n) is 10.7. The highest BCUT2D eigenvalue weighted by Gasteiger charge is 2.11. The predicted octanol–water partition coefficient (Wildman–Crippen LogP) is 0.880. The van der Waals surface area contributed by atoms with E-state index in [0.717, 1.165) is 5.69 Å². The summed E-state index contributed by atoms with van der Waals surface area (Å²) in [5.41, 5.74) is 6.80. The molecule has 0 unspecified atom stereocenters. The van der Waals surface area contributed by atoms with Crippen LogP contribution in [0.15, 0.2) is 23.4 Å². The second-order valence-electron chi connectivity index (χ2n) is 3.85. The van der Waals surface area contributed by atoms with Crippen molar-refractivity contribution in [1.82, 2.24) is 0 Å². The van der Waals surface area contributed by atoms with Crippen LogP contribution in [0.1, 0.15) is 5.56 Å². The Hall–Kier alpha value is -1.50. The average molecular weight is 288 g/mol. The molecule has 1 rings (SSSR count). The van der Waals surface area contributed by atoms with Gasteiger partial charge in [-0.2, -0.15) is 0 Å². The number of ether oxygens (including phenoxy) is 1. The molecule has 7 heteroatoms. The Balaban J connectivity index is 2.97. The molecule has 0 spiro atoms. The van der Waals surface area contributed by atoms with Gasteiger partial charge in [0.25, 0.3) is 0 Å². The molecule has 1 aromatic rings. The van der Waals surface area contributed by atoms with Gasteiger partial charge in [0.1, 0.15) is 0 Å². The molecule has 0 saturated carbocycles. The minimum Gasteiger partial charge on any atom is -0.409 e. The van der Waals surface area contributed by atoms with Crippen LogP contribution in [-0.2, 0) is 4.74 Å². The molecule has 0 saturated heterocycles. The predicted molar refractivity (Wildman–Crippen MR) is 75.1 cm³/mol. The number of methoxy groups -OCH3 is 1. The van der Waals surface area contributed by atoms with Crippen LogP contribution in [0.5, 0.6) is 0 Å². The van der Waals surface area contributed by atoms with Gasteiger partial charge in [0, 0.05) is 25.8 Å². The van der Waals surface area contributed by atoms with Gasteiger partial charge in [-0.3, -0.25) is 0 Å². The molecular weight excluding hydrogens is 270 g/mol. The summed E-state index contributed by atoms with van der Waals surface area (Å²) >= 11 is 6.18. The van der Waals surface area contributed by atoms with E-state index in [9.17, 15) is 0 Å². The first-order valence-electron chi connectivity index (χ1n) is 5.76. The molecule has 106 valence electrons. The Morgan fingerprint density at radius 1 is 1.47 bits per heavy atom. The van der Waals surface area contributed by atoms with Crippen molar-refractivity contribution < 1.29 is 15.1 Å². The van der Waals surface area contributed by atoms with Crippen molar-refractivity contribution in [2.45, 2.75) is 0 Å². The molecular formula is C12H18ClN3O3. The van der Waals surface area contributed by atoms with Crippen LogP contribution in [0, 0.1) is 0 Å². The van der Waals surface area contributed by atoms with E-state index in [1.165, 1.54) is 0 Å². The molecule has 0 bridgehead atoms. The summed E-state index contributed by atoms with van der Waals surface area (Å²) in [5, 5.41) is 21.1. The molecule has 4 N–H and O–H groups in total. The topological polar surface area (TPSA) is 91.3 Å². The van der Waals surface area contributed by atoms with Gasteiger partial charge in [-0.25, -0.2) is 0 Å². The Morgan fingerprint density at radius 2 is 2.21 bits per heavy atom. The molecule has 19 heavy (non-hydrogen) atoms. The van der Waals surface area contributed by atoms with Gasteiger partial charge >= 0.3 is 0 Å². The van der Waals surface area contributed by atoms with Crippen LogP contribution in [0.2, 0.25) is 5.02 Å². The normalized spacial score (nSPS) is 11.6. The lowest BCUT2D eigenvalue weighted by molar-refractivity contribution is 0.203. The fourth-order valence-corrected chi connectivity index (χ4v) is 1.96. The van der Waals surface area contributed by atoms with Gasteiger partial charge in [0.15, 0.2) is 5.84 Å². The van der Waals surface area contributed by atoms with E-state index in [0.29, 0.717) is 30.3 Å². The van der Waals surface area contributed by atoms with Gasteiger partial charge in [0.2, 0.25) is 0 Å². The van der Waals surface area contributed by atoms with E-state index in [4.69, 9.17) is 32.4 Å². The average Bonchev–Trinajstić information content (AvgIpc) is 2.42. The van der Waals surface area contributed by atoms with Crippen LogP contribution in [0.3, 0.4) is 0 Å². The van der Waals surface area contributed by atoms with Crippen molar-refractivity contribution in [1.29, 1.82) is 0 Å². The largest absolute Gasteiger partial charge is 0.409 e. The van der Waals surface area contributed by atoms with E-state index in [1.54, 1.807) is 25.3 Å². The van der Waals surface area contributed by atoms with Crippen LogP contribution < -0.4 is 10.6 Å². The highest BCUT2D eigenvalue weighted by Crippen LogP contribution is 2.26. The quantitative estimate of drug-likeness (QED) is 0.300. The van der Waals surface area contributed by atoms with Gasteiger partial charge in [0.05, 0.1) is 23.9 Å². The van der Waals surface area contributed by atoms with Crippen LogP contribution in [0.25, 0.3) is 0 Å². The number of hydrogen-bond acceptors (Lipinski definition) is 5. The van der Waals surface area contributed by atoms with Crippen molar-refractivity contribution in [2.75, 3.05) is 38.3 Å². The maximum absolute atomic E-state index is 9.07. The molecule has 0 aromatic heterocycles. The number of nitrogens with zero attached hydrogens (tertiary/aromatic N) is 2. The van der Waals surface area contributed by atoms with E-state index < -0.39 is 0 Å². The Bertz CT molecular complexity index is 440. The SMILES string of the molecule is COCCN(CCO)c1ccc(/C(N)=N/O)cc1Cl. The van der Waals surface area contributed by atoms with Gasteiger partial charge in [-0.05, 0) is 18.2 Å². The minimum atomic E-state index is -0.000880. The lowest BCUT2D eigenvalue weighted by Crippen LogP contribution is -2.30. The summed E-state index contributed by atoms with van der Waals surface area (Å²) in [6, 6.07) is 5.08. The van der Waals surface area contributed by atoms with E-state index >= 15 is 0 Å². The summed E-state index contributed by atoms with van der Waals surface area (Å²) < 4.78 is 5.02. The number of aliphatic hydroxyl groups is 1. The Morgan fingerprint density at radius 3 is 2.74 bits per heavy atom. The summed E-state index contributed by atoms with van der Waals surface area (Å²) in [6.07, 6.45) is 0. The maximum Gasteiger partial charge on any atom is 0.170 e. The minimum absolute atomic E-state index is 0.000880. The summed E-state index contributed by atoms with van der Waals surface area (Å²) in [7, 11) is 1.61. The summed E-state index contributed by atoms with van der Waals surface area (Å²) in [6.45, 7) is 1.60. The molecule has 0 fully saturated rings. The number of halogens is 1. The second-order valence-corrected chi connectivity index (χ2v) is 4.26. The highest BCUT2D eigenvalue weighted by atomic mass is 35.5. The third-order valence-electron chi connectivity index (χ3n) is 2.63. The third-order valence-corrected chi connectivity index (χ3v) is 2.93. The van der Waals surface area contributed by atoms with Gasteiger partial charge < -0.3 is 25.7 Å². The maximum atomic E-state index is 9.07. The molecule has 0 aliphatic rings. The number of hydrogen-bond donors (Lipinski definition) is 3. The Labute approximate surface area is 117 Å². The van der Waals surface area contributed by atoms with Crippen LogP contribution in [0.4, 0.5) is 5.69 Å². The standard InChI is InChI=1S/C12H18ClN3O3/c1-19-7-5-16(4-6-17)11-3-2-9(8-10(11)13)12(14)15-18/h2-3,8,17-18H,4-7H2,1H3,(H2,14,15). The van der Waals surface area contributed by atoms with Gasteiger partial charge in [-0.1, -0.05) is 16.8 Å². The first kappa shape index (κ1) is 15.6. The second kappa shape index (κ2) is 7.83. The van der Waals surface area contributed by atoms with E-state index in [2.05, 4.69) is 5.16 Å².